The molecule has 1 saturated heterocycles. The molecule has 4 atom stereocenters. The molecular weight excluding hydrogens is 590 g/mol. The lowest BCUT2D eigenvalue weighted by molar-refractivity contribution is -0.132. The van der Waals surface area contributed by atoms with E-state index in [1.54, 1.807) is 47.1 Å². The predicted octanol–water partition coefficient (Wildman–Crippen LogP) is 4.31. The maximum Gasteiger partial charge on any atom is 0.411 e. The number of Topliss-reactive ketones (excluding diaryl/α,β-unsaturated/α-hetero) is 1. The minimum Gasteiger partial charge on any atom is -0.497 e. The Balaban J connectivity index is 1.35. The summed E-state index contributed by atoms with van der Waals surface area (Å²) in [5, 5.41) is 1.60. The lowest BCUT2D eigenvalue weighted by Gasteiger charge is -2.28. The van der Waals surface area contributed by atoms with Crippen LogP contribution in [0, 0.1) is 11.3 Å². The van der Waals surface area contributed by atoms with Gasteiger partial charge in [-0.3, -0.25) is 14.5 Å². The Morgan fingerprint density at radius 1 is 1.16 bits per heavy atom. The van der Waals surface area contributed by atoms with Crippen LogP contribution in [-0.4, -0.2) is 73.1 Å². The summed E-state index contributed by atoms with van der Waals surface area (Å²) in [4.78, 5) is 46.4. The highest BCUT2D eigenvalue weighted by atomic mass is 32.2. The van der Waals surface area contributed by atoms with E-state index >= 15 is 0 Å². The van der Waals surface area contributed by atoms with Gasteiger partial charge >= 0.3 is 16.4 Å². The number of fused-ring (bicyclic) bond motifs is 1. The molecule has 5 rings (SSSR count). The van der Waals surface area contributed by atoms with Crippen molar-refractivity contribution < 1.29 is 41.2 Å². The number of nitrogens with one attached hydrogen (secondary N) is 1. The summed E-state index contributed by atoms with van der Waals surface area (Å²) in [6.07, 6.45) is 2.38. The number of amides is 2. The third kappa shape index (κ3) is 6.93. The first-order valence-electron chi connectivity index (χ1n) is 15.0. The molecule has 3 fully saturated rings. The van der Waals surface area contributed by atoms with E-state index in [4.69, 9.17) is 18.4 Å². The number of ketones is 1. The summed E-state index contributed by atoms with van der Waals surface area (Å²) in [5.41, 5.74) is -2.82. The summed E-state index contributed by atoms with van der Waals surface area (Å²) >= 11 is 0. The largest absolute Gasteiger partial charge is 0.497 e. The van der Waals surface area contributed by atoms with Gasteiger partial charge in [0.1, 0.15) is 17.5 Å². The Bertz CT molecular complexity index is 1570. The smallest absolute Gasteiger partial charge is 0.411 e. The number of hydrogen-bond acceptors (Lipinski definition) is 10. The fourth-order valence-corrected chi connectivity index (χ4v) is 7.07. The molecule has 1 aliphatic heterocycles. The van der Waals surface area contributed by atoms with E-state index in [9.17, 15) is 22.8 Å². The van der Waals surface area contributed by atoms with Gasteiger partial charge in [-0.25, -0.2) is 18.7 Å². The minimum absolute atomic E-state index is 0.0662. The van der Waals surface area contributed by atoms with Crippen molar-refractivity contribution in [3.8, 4) is 11.6 Å². The van der Waals surface area contributed by atoms with Crippen LogP contribution in [0.4, 0.5) is 4.79 Å². The molecule has 2 amide bonds. The van der Waals surface area contributed by atoms with Crippen molar-refractivity contribution in [3.05, 3.63) is 30.5 Å². The number of nitrogens with zero attached hydrogens (tertiary/aromatic N) is 2. The number of hydrogen-bond donors (Lipinski definition) is 1. The van der Waals surface area contributed by atoms with Gasteiger partial charge in [-0.05, 0) is 82.5 Å². The Morgan fingerprint density at radius 3 is 2.50 bits per heavy atom. The molecule has 0 spiro atoms. The van der Waals surface area contributed by atoms with Gasteiger partial charge in [0.25, 0.3) is 0 Å². The molecule has 2 aromatic rings. The quantitative estimate of drug-likeness (QED) is 0.380. The molecule has 2 aliphatic carbocycles. The van der Waals surface area contributed by atoms with Crippen LogP contribution < -0.4 is 14.2 Å². The Morgan fingerprint density at radius 2 is 1.89 bits per heavy atom. The Hall–Kier alpha value is -3.45. The second-order valence-electron chi connectivity index (χ2n) is 13.4. The molecule has 44 heavy (non-hydrogen) atoms. The summed E-state index contributed by atoms with van der Waals surface area (Å²) in [6.45, 7) is 8.83. The monoisotopic (exact) mass is 631 g/mol. The molecule has 3 aliphatic rings. The summed E-state index contributed by atoms with van der Waals surface area (Å²) in [7, 11) is -2.76. The van der Waals surface area contributed by atoms with E-state index in [0.29, 0.717) is 37.3 Å². The number of benzene rings is 1. The molecule has 13 heteroatoms. The van der Waals surface area contributed by atoms with Gasteiger partial charge in [-0.1, -0.05) is 13.3 Å². The third-order valence-electron chi connectivity index (χ3n) is 8.63. The van der Waals surface area contributed by atoms with Gasteiger partial charge in [0.15, 0.2) is 5.78 Å². The van der Waals surface area contributed by atoms with Gasteiger partial charge in [-0.2, -0.15) is 8.42 Å². The van der Waals surface area contributed by atoms with Crippen LogP contribution in [0.2, 0.25) is 0 Å². The molecular formula is C31H41N3O9S. The number of aromatic nitrogens is 1. The number of ether oxygens (including phenoxy) is 3. The van der Waals surface area contributed by atoms with Crippen molar-refractivity contribution in [2.24, 2.45) is 11.3 Å². The predicted molar refractivity (Wildman–Crippen MR) is 160 cm³/mol. The second-order valence-corrected chi connectivity index (χ2v) is 14.6. The number of rotatable bonds is 11. The molecule has 0 bridgehead atoms. The maximum absolute atomic E-state index is 13.9. The zero-order valence-electron chi connectivity index (χ0n) is 26.0. The molecule has 1 aromatic carbocycles. The molecule has 240 valence electrons. The number of carbonyl (C=O) groups excluding carboxylic acids is 3. The van der Waals surface area contributed by atoms with Gasteiger partial charge in [0.2, 0.25) is 11.8 Å². The third-order valence-corrected chi connectivity index (χ3v) is 9.68. The van der Waals surface area contributed by atoms with Crippen LogP contribution in [0.25, 0.3) is 10.8 Å². The van der Waals surface area contributed by atoms with Crippen LogP contribution >= 0.6 is 0 Å². The highest BCUT2D eigenvalue weighted by Gasteiger charge is 2.61. The first kappa shape index (κ1) is 32.0. The van der Waals surface area contributed by atoms with Crippen LogP contribution in [0.1, 0.15) is 73.1 Å². The zero-order chi connectivity index (χ0) is 32.1. The van der Waals surface area contributed by atoms with E-state index in [1.165, 1.54) is 4.90 Å². The fourth-order valence-electron chi connectivity index (χ4n) is 5.90. The molecule has 1 aromatic heterocycles. The normalized spacial score (nSPS) is 25.8. The van der Waals surface area contributed by atoms with E-state index in [1.807, 2.05) is 25.1 Å². The van der Waals surface area contributed by atoms with Crippen molar-refractivity contribution in [3.63, 3.8) is 0 Å². The summed E-state index contributed by atoms with van der Waals surface area (Å²) in [6, 6.07) is 6.38. The van der Waals surface area contributed by atoms with Crippen molar-refractivity contribution >= 4 is 38.9 Å². The summed E-state index contributed by atoms with van der Waals surface area (Å²) in [5.74, 6) is -0.269. The fraction of sp³-hybridized carbons (Fsp3) is 0.613. The van der Waals surface area contributed by atoms with E-state index in [0.717, 1.165) is 10.8 Å². The molecule has 0 radical (unpaired) electrons. The number of likely N-dealkylation sites (tertiary alicyclic amines) is 1. The maximum atomic E-state index is 13.9. The van der Waals surface area contributed by atoms with Gasteiger partial charge in [-0.15, -0.1) is 0 Å². The standard InChI is InChI=1S/C31H41N3O9S/c1-7-20-16-31(20,27(36)33-44(38,39)43-30(5)11-12-30)17-25(35)24-15-22(18-34(24)28(37)42-29(2,3)4)41-26-23-9-8-21(40-6)14-19(23)10-13-32-26/h8-10,13-14,20,22,24H,7,11-12,15-18H2,1-6H3,(H,33,36)/t20-,22-,24+,31-/m1/s1. The average molecular weight is 632 g/mol. The van der Waals surface area contributed by atoms with Gasteiger partial charge in [0, 0.05) is 24.4 Å². The zero-order valence-corrected chi connectivity index (χ0v) is 26.9. The topological polar surface area (TPSA) is 150 Å². The second kappa shape index (κ2) is 11.5. The first-order valence-corrected chi connectivity index (χ1v) is 16.4. The van der Waals surface area contributed by atoms with Crippen molar-refractivity contribution in [2.45, 2.75) is 96.5 Å². The highest BCUT2D eigenvalue weighted by Crippen LogP contribution is 2.58. The van der Waals surface area contributed by atoms with Gasteiger partial charge in [0.05, 0.1) is 30.7 Å². The molecule has 2 saturated carbocycles. The number of pyridine rings is 1. The van der Waals surface area contributed by atoms with Gasteiger partial charge < -0.3 is 14.2 Å². The van der Waals surface area contributed by atoms with E-state index in [-0.39, 0.29) is 31.1 Å². The number of methoxy groups -OCH3 is 1. The van der Waals surface area contributed by atoms with Crippen molar-refractivity contribution in [2.75, 3.05) is 13.7 Å². The van der Waals surface area contributed by atoms with E-state index < -0.39 is 51.1 Å². The van der Waals surface area contributed by atoms with E-state index in [2.05, 4.69) is 9.71 Å². The highest BCUT2D eigenvalue weighted by molar-refractivity contribution is 7.85. The van der Waals surface area contributed by atoms with Crippen LogP contribution in [0.5, 0.6) is 11.6 Å². The molecule has 1 N–H and O–H groups in total. The lowest BCUT2D eigenvalue weighted by atomic mass is 9.91. The lowest BCUT2D eigenvalue weighted by Crippen LogP contribution is -2.46. The molecule has 0 unspecified atom stereocenters. The first-order chi connectivity index (χ1) is 20.6. The van der Waals surface area contributed by atoms with Crippen LogP contribution in [0.3, 0.4) is 0 Å². The summed E-state index contributed by atoms with van der Waals surface area (Å²) < 4.78 is 49.6. The number of carbonyl (C=O) groups is 3. The van der Waals surface area contributed by atoms with Crippen molar-refractivity contribution in [1.82, 2.24) is 14.6 Å². The van der Waals surface area contributed by atoms with Crippen LogP contribution in [-0.2, 0) is 28.8 Å². The Kier molecular flexibility index (Phi) is 8.34. The van der Waals surface area contributed by atoms with Crippen molar-refractivity contribution in [1.29, 1.82) is 0 Å². The molecule has 2 heterocycles. The average Bonchev–Trinajstić information content (AvgIpc) is 3.79. The Labute approximate surface area is 258 Å². The minimum atomic E-state index is -4.35. The SMILES string of the molecule is CC[C@@H]1C[C@]1(CC(=O)[C@@H]1C[C@@H](Oc2nccc3cc(OC)ccc23)CN1C(=O)OC(C)(C)C)C(=O)NS(=O)(=O)OC1(C)CC1. The molecule has 12 nitrogen and oxygen atoms in total. The van der Waals surface area contributed by atoms with Crippen LogP contribution in [0.15, 0.2) is 30.5 Å².